The van der Waals surface area contributed by atoms with Crippen LogP contribution >= 0.6 is 0 Å². The highest BCUT2D eigenvalue weighted by Gasteiger charge is 2.52. The Labute approximate surface area is 145 Å². The first-order valence-electron chi connectivity index (χ1n) is 7.63. The molecule has 1 aliphatic rings. The molecule has 8 heteroatoms. The molecule has 1 heterocycles. The summed E-state index contributed by atoms with van der Waals surface area (Å²) in [6.07, 6.45) is 1.40. The first kappa shape index (κ1) is 18.4. The van der Waals surface area contributed by atoms with E-state index in [1.54, 1.807) is 33.8 Å². The number of non-ortho nitro benzene ring substituents is 1. The van der Waals surface area contributed by atoms with Gasteiger partial charge in [-0.1, -0.05) is 26.8 Å². The molecule has 134 valence electrons. The monoisotopic (exact) mass is 348 g/mol. The fraction of sp³-hybridized carbons (Fsp3) is 0.412. The van der Waals surface area contributed by atoms with E-state index < -0.39 is 28.1 Å². The Hall–Kier alpha value is -2.90. The van der Waals surface area contributed by atoms with Crippen LogP contribution in [0.3, 0.4) is 0 Å². The predicted octanol–water partition coefficient (Wildman–Crippen LogP) is 3.06. The van der Waals surface area contributed by atoms with E-state index in [2.05, 4.69) is 5.32 Å². The van der Waals surface area contributed by atoms with Crippen molar-refractivity contribution in [3.8, 4) is 0 Å². The SMILES string of the molecule is CC(=O)OC1(C(C)(C)C)C=C(Nc2cc([N+](=O)[O-])ccc2C)C(=O)O1. The quantitative estimate of drug-likeness (QED) is 0.506. The summed E-state index contributed by atoms with van der Waals surface area (Å²) in [5.41, 5.74) is 0.335. The van der Waals surface area contributed by atoms with Gasteiger partial charge in [0.05, 0.1) is 4.92 Å². The van der Waals surface area contributed by atoms with Gasteiger partial charge in [-0.25, -0.2) is 4.79 Å². The van der Waals surface area contributed by atoms with Crippen molar-refractivity contribution in [2.24, 2.45) is 5.41 Å². The highest BCUT2D eigenvalue weighted by Crippen LogP contribution is 2.42. The number of anilines is 1. The van der Waals surface area contributed by atoms with Gasteiger partial charge in [0.25, 0.3) is 11.5 Å². The molecule has 1 atom stereocenters. The number of ether oxygens (including phenoxy) is 2. The number of cyclic esters (lactones) is 1. The van der Waals surface area contributed by atoms with Crippen molar-refractivity contribution in [2.45, 2.75) is 40.4 Å². The summed E-state index contributed by atoms with van der Waals surface area (Å²) in [6, 6.07) is 4.27. The topological polar surface area (TPSA) is 108 Å². The number of nitro groups is 1. The molecule has 0 aromatic heterocycles. The molecule has 0 saturated carbocycles. The van der Waals surface area contributed by atoms with Gasteiger partial charge in [-0.3, -0.25) is 14.9 Å². The number of carbonyl (C=O) groups is 2. The van der Waals surface area contributed by atoms with Gasteiger partial charge in [0.2, 0.25) is 0 Å². The standard InChI is InChI=1S/C17H20N2O6/c1-10-6-7-12(19(22)23)8-13(10)18-14-9-17(16(3,4)5,24-11(2)20)25-15(14)21/h6-9,18H,1-5H3. The van der Waals surface area contributed by atoms with Crippen LogP contribution in [-0.4, -0.2) is 22.6 Å². The van der Waals surface area contributed by atoms with Crippen LogP contribution in [0.1, 0.15) is 33.3 Å². The molecule has 0 amide bonds. The lowest BCUT2D eigenvalue weighted by Crippen LogP contribution is -2.46. The van der Waals surface area contributed by atoms with E-state index in [4.69, 9.17) is 9.47 Å². The third-order valence-corrected chi connectivity index (χ3v) is 3.84. The van der Waals surface area contributed by atoms with Crippen LogP contribution in [0.25, 0.3) is 0 Å². The average molecular weight is 348 g/mol. The second-order valence-corrected chi connectivity index (χ2v) is 6.84. The summed E-state index contributed by atoms with van der Waals surface area (Å²) in [7, 11) is 0. The molecule has 0 bridgehead atoms. The third kappa shape index (κ3) is 3.62. The van der Waals surface area contributed by atoms with Crippen molar-refractivity contribution < 1.29 is 24.0 Å². The second-order valence-electron chi connectivity index (χ2n) is 6.84. The van der Waals surface area contributed by atoms with Crippen LogP contribution in [-0.2, 0) is 19.1 Å². The minimum Gasteiger partial charge on any atom is -0.418 e. The van der Waals surface area contributed by atoms with E-state index in [0.717, 1.165) is 0 Å². The van der Waals surface area contributed by atoms with Gasteiger partial charge in [-0.2, -0.15) is 0 Å². The van der Waals surface area contributed by atoms with Gasteiger partial charge < -0.3 is 14.8 Å². The summed E-state index contributed by atoms with van der Waals surface area (Å²) in [4.78, 5) is 34.1. The predicted molar refractivity (Wildman–Crippen MR) is 89.6 cm³/mol. The molecule has 0 saturated heterocycles. The maximum Gasteiger partial charge on any atom is 0.358 e. The zero-order valence-corrected chi connectivity index (χ0v) is 14.7. The molecule has 1 aliphatic heterocycles. The van der Waals surface area contributed by atoms with E-state index in [1.165, 1.54) is 25.1 Å². The maximum absolute atomic E-state index is 12.3. The summed E-state index contributed by atoms with van der Waals surface area (Å²) < 4.78 is 10.6. The Morgan fingerprint density at radius 1 is 1.36 bits per heavy atom. The van der Waals surface area contributed by atoms with Crippen LogP contribution in [0.4, 0.5) is 11.4 Å². The summed E-state index contributed by atoms with van der Waals surface area (Å²) in [5, 5.41) is 13.8. The number of hydrogen-bond donors (Lipinski definition) is 1. The molecule has 1 unspecified atom stereocenters. The molecule has 8 nitrogen and oxygen atoms in total. The number of rotatable bonds is 4. The van der Waals surface area contributed by atoms with Crippen molar-refractivity contribution in [1.82, 2.24) is 0 Å². The number of nitrogens with one attached hydrogen (secondary N) is 1. The van der Waals surface area contributed by atoms with E-state index in [1.807, 2.05) is 0 Å². The van der Waals surface area contributed by atoms with Crippen molar-refractivity contribution in [3.05, 3.63) is 45.6 Å². The molecule has 25 heavy (non-hydrogen) atoms. The molecule has 2 rings (SSSR count). The second kappa shape index (κ2) is 6.19. The fourth-order valence-corrected chi connectivity index (χ4v) is 2.35. The van der Waals surface area contributed by atoms with Crippen LogP contribution in [0.5, 0.6) is 0 Å². The number of carbonyl (C=O) groups excluding carboxylic acids is 2. The normalized spacial score (nSPS) is 19.9. The minimum atomic E-state index is -1.55. The van der Waals surface area contributed by atoms with Crippen LogP contribution < -0.4 is 5.32 Å². The molecule has 1 aromatic carbocycles. The Morgan fingerprint density at radius 2 is 2.00 bits per heavy atom. The smallest absolute Gasteiger partial charge is 0.358 e. The van der Waals surface area contributed by atoms with Crippen LogP contribution in [0.2, 0.25) is 0 Å². The summed E-state index contributed by atoms with van der Waals surface area (Å²) >= 11 is 0. The molecule has 1 N–H and O–H groups in total. The number of nitro benzene ring substituents is 1. The van der Waals surface area contributed by atoms with Crippen molar-refractivity contribution in [3.63, 3.8) is 0 Å². The molecular weight excluding hydrogens is 328 g/mol. The number of esters is 2. The Balaban J connectivity index is 2.42. The summed E-state index contributed by atoms with van der Waals surface area (Å²) in [5.74, 6) is -2.85. The Bertz CT molecular complexity index is 778. The van der Waals surface area contributed by atoms with E-state index in [0.29, 0.717) is 11.3 Å². The first-order chi connectivity index (χ1) is 11.4. The lowest BCUT2D eigenvalue weighted by Gasteiger charge is -2.36. The van der Waals surface area contributed by atoms with Crippen molar-refractivity contribution in [1.29, 1.82) is 0 Å². The lowest BCUT2D eigenvalue weighted by molar-refractivity contribution is -0.384. The van der Waals surface area contributed by atoms with Crippen LogP contribution in [0.15, 0.2) is 30.0 Å². The van der Waals surface area contributed by atoms with Gasteiger partial charge in [-0.15, -0.1) is 0 Å². The van der Waals surface area contributed by atoms with E-state index in [-0.39, 0.29) is 11.4 Å². The average Bonchev–Trinajstić information content (AvgIpc) is 2.77. The molecule has 0 fully saturated rings. The Kier molecular flexibility index (Phi) is 4.57. The third-order valence-electron chi connectivity index (χ3n) is 3.84. The lowest BCUT2D eigenvalue weighted by atomic mass is 9.85. The van der Waals surface area contributed by atoms with Gasteiger partial charge in [0.1, 0.15) is 5.70 Å². The van der Waals surface area contributed by atoms with Crippen molar-refractivity contribution >= 4 is 23.3 Å². The number of hydrogen-bond acceptors (Lipinski definition) is 7. The molecule has 0 aliphatic carbocycles. The maximum atomic E-state index is 12.3. The number of nitrogens with zero attached hydrogens (tertiary/aromatic N) is 1. The minimum absolute atomic E-state index is 0.0553. The van der Waals surface area contributed by atoms with E-state index in [9.17, 15) is 19.7 Å². The highest BCUT2D eigenvalue weighted by molar-refractivity contribution is 5.95. The molecule has 0 radical (unpaired) electrons. The Morgan fingerprint density at radius 3 is 2.52 bits per heavy atom. The van der Waals surface area contributed by atoms with Gasteiger partial charge in [0.15, 0.2) is 0 Å². The van der Waals surface area contributed by atoms with Crippen molar-refractivity contribution in [2.75, 3.05) is 5.32 Å². The zero-order chi connectivity index (χ0) is 19.0. The number of benzene rings is 1. The molecule has 1 aromatic rings. The largest absolute Gasteiger partial charge is 0.418 e. The number of aryl methyl sites for hydroxylation is 1. The summed E-state index contributed by atoms with van der Waals surface area (Å²) in [6.45, 7) is 8.27. The van der Waals surface area contributed by atoms with Crippen LogP contribution in [0, 0.1) is 22.5 Å². The van der Waals surface area contributed by atoms with Gasteiger partial charge in [-0.05, 0) is 12.5 Å². The zero-order valence-electron chi connectivity index (χ0n) is 14.7. The fourth-order valence-electron chi connectivity index (χ4n) is 2.35. The first-order valence-corrected chi connectivity index (χ1v) is 7.63. The van der Waals surface area contributed by atoms with E-state index >= 15 is 0 Å². The van der Waals surface area contributed by atoms with Gasteiger partial charge >= 0.3 is 11.9 Å². The van der Waals surface area contributed by atoms with Gasteiger partial charge in [0, 0.05) is 36.2 Å². The highest BCUT2D eigenvalue weighted by atomic mass is 16.7. The molecular formula is C17H20N2O6. The molecule has 0 spiro atoms.